The molecule has 8 heteroatoms. The van der Waals surface area contributed by atoms with E-state index in [0.29, 0.717) is 23.8 Å². The molecule has 1 aromatic heterocycles. The molecule has 8 rings (SSSR count). The van der Waals surface area contributed by atoms with E-state index >= 15 is 0 Å². The number of sulfonamides is 1. The average molecular weight is 486 g/mol. The molecule has 4 bridgehead atoms. The SMILES string of the molecule is O=S(=O)(CC1CC1)NC1C2CC3CC1CC(C(O)CC1c4c(F)cccc4-c4cncn41)(C3)C2. The lowest BCUT2D eigenvalue weighted by molar-refractivity contribution is -0.134. The van der Waals surface area contributed by atoms with Crippen molar-refractivity contribution in [2.75, 3.05) is 5.75 Å². The highest BCUT2D eigenvalue weighted by Crippen LogP contribution is 2.62. The first-order valence-electron chi connectivity index (χ1n) is 12.8. The Morgan fingerprint density at radius 2 is 1.97 bits per heavy atom. The molecule has 2 aromatic rings. The maximum atomic E-state index is 14.9. The number of rotatable bonds is 7. The Kier molecular flexibility index (Phi) is 4.66. The third-order valence-corrected chi connectivity index (χ3v) is 11.1. The van der Waals surface area contributed by atoms with E-state index in [-0.39, 0.29) is 40.9 Å². The fourth-order valence-corrected chi connectivity index (χ4v) is 10.1. The minimum Gasteiger partial charge on any atom is -0.392 e. The van der Waals surface area contributed by atoms with Crippen LogP contribution in [0.25, 0.3) is 11.3 Å². The summed E-state index contributed by atoms with van der Waals surface area (Å²) < 4.78 is 45.5. The van der Waals surface area contributed by atoms with Gasteiger partial charge in [0.05, 0.1) is 36.1 Å². The predicted molar refractivity (Wildman–Crippen MR) is 126 cm³/mol. The van der Waals surface area contributed by atoms with E-state index in [1.807, 2.05) is 10.6 Å². The van der Waals surface area contributed by atoms with Gasteiger partial charge in [-0.2, -0.15) is 0 Å². The van der Waals surface area contributed by atoms with Gasteiger partial charge < -0.3 is 9.67 Å². The van der Waals surface area contributed by atoms with Crippen LogP contribution in [0, 0.1) is 34.9 Å². The van der Waals surface area contributed by atoms with Gasteiger partial charge in [-0.15, -0.1) is 0 Å². The Labute approximate surface area is 200 Å². The smallest absolute Gasteiger partial charge is 0.212 e. The Morgan fingerprint density at radius 3 is 2.71 bits per heavy atom. The molecule has 4 atom stereocenters. The van der Waals surface area contributed by atoms with Crippen molar-refractivity contribution < 1.29 is 17.9 Å². The van der Waals surface area contributed by atoms with Crippen LogP contribution in [0.15, 0.2) is 30.7 Å². The molecule has 4 unspecified atom stereocenters. The van der Waals surface area contributed by atoms with Gasteiger partial charge in [0, 0.05) is 17.2 Å². The lowest BCUT2D eigenvalue weighted by Crippen LogP contribution is -2.62. The van der Waals surface area contributed by atoms with E-state index in [2.05, 4.69) is 9.71 Å². The lowest BCUT2D eigenvalue weighted by atomic mass is 9.46. The molecule has 0 saturated heterocycles. The van der Waals surface area contributed by atoms with Gasteiger partial charge in [-0.1, -0.05) is 12.1 Å². The quantitative estimate of drug-likeness (QED) is 0.624. The Morgan fingerprint density at radius 1 is 1.21 bits per heavy atom. The molecule has 5 aliphatic carbocycles. The Hall–Kier alpha value is -1.77. The van der Waals surface area contributed by atoms with Crippen molar-refractivity contribution >= 4 is 10.0 Å². The summed E-state index contributed by atoms with van der Waals surface area (Å²) in [5, 5.41) is 11.7. The van der Waals surface area contributed by atoms with Crippen molar-refractivity contribution in [3.05, 3.63) is 42.1 Å². The predicted octanol–water partition coefficient (Wildman–Crippen LogP) is 3.87. The minimum atomic E-state index is -3.25. The normalized spacial score (nSPS) is 36.5. The first-order chi connectivity index (χ1) is 16.3. The lowest BCUT2D eigenvalue weighted by Gasteiger charge is -2.61. The average Bonchev–Trinajstić information content (AvgIpc) is 3.34. The van der Waals surface area contributed by atoms with Crippen LogP contribution in [0.5, 0.6) is 0 Å². The highest BCUT2D eigenvalue weighted by molar-refractivity contribution is 7.89. The van der Waals surface area contributed by atoms with E-state index in [9.17, 15) is 17.9 Å². The summed E-state index contributed by atoms with van der Waals surface area (Å²) in [5.74, 6) is 1.49. The van der Waals surface area contributed by atoms with E-state index in [1.54, 1.807) is 18.6 Å². The maximum Gasteiger partial charge on any atom is 0.212 e. The second-order valence-corrected chi connectivity index (χ2v) is 13.7. The third kappa shape index (κ3) is 3.32. The standard InChI is InChI=1S/C26H32FN3O3S/c27-20-3-1-2-19-22-12-28-14-30(22)21(24(19)20)8-23(31)26-9-16-6-17(10-26)25(18(7-16)11-26)29-34(32,33)13-15-4-5-15/h1-3,12,14-18,21,23,25,29,31H,4-11,13H2. The molecule has 5 saturated carbocycles. The molecule has 6 nitrogen and oxygen atoms in total. The molecule has 34 heavy (non-hydrogen) atoms. The van der Waals surface area contributed by atoms with Crippen LogP contribution < -0.4 is 4.72 Å². The maximum absolute atomic E-state index is 14.9. The summed E-state index contributed by atoms with van der Waals surface area (Å²) in [5.41, 5.74) is 2.23. The first-order valence-corrected chi connectivity index (χ1v) is 14.5. The van der Waals surface area contributed by atoms with Gasteiger partial charge in [0.2, 0.25) is 10.0 Å². The number of nitrogens with zero attached hydrogens (tertiary/aromatic N) is 2. The van der Waals surface area contributed by atoms with E-state index in [4.69, 9.17) is 0 Å². The van der Waals surface area contributed by atoms with Crippen LogP contribution in [0.1, 0.15) is 63.0 Å². The number of fused-ring (bicyclic) bond motifs is 3. The fraction of sp³-hybridized carbons (Fsp3) is 0.654. The molecule has 0 radical (unpaired) electrons. The number of aromatic nitrogens is 2. The second kappa shape index (κ2) is 7.37. The van der Waals surface area contributed by atoms with Crippen LogP contribution >= 0.6 is 0 Å². The van der Waals surface area contributed by atoms with Gasteiger partial charge in [-0.3, -0.25) is 0 Å². The Balaban J connectivity index is 1.13. The molecule has 2 N–H and O–H groups in total. The van der Waals surface area contributed by atoms with Crippen LogP contribution in [-0.2, 0) is 10.0 Å². The number of hydrogen-bond acceptors (Lipinski definition) is 4. The summed E-state index contributed by atoms with van der Waals surface area (Å²) in [4.78, 5) is 4.28. The van der Waals surface area contributed by atoms with Crippen molar-refractivity contribution in [1.82, 2.24) is 14.3 Å². The molecule has 5 fully saturated rings. The van der Waals surface area contributed by atoms with Crippen LogP contribution in [0.4, 0.5) is 4.39 Å². The summed E-state index contributed by atoms with van der Waals surface area (Å²) in [6.45, 7) is 0. The number of hydrogen-bond donors (Lipinski definition) is 2. The van der Waals surface area contributed by atoms with Gasteiger partial charge in [0.15, 0.2) is 0 Å². The highest BCUT2D eigenvalue weighted by atomic mass is 32.2. The van der Waals surface area contributed by atoms with E-state index in [1.165, 1.54) is 6.07 Å². The summed E-state index contributed by atoms with van der Waals surface area (Å²) in [6.07, 6.45) is 10.3. The zero-order chi connectivity index (χ0) is 23.2. The molecule has 182 valence electrons. The summed E-state index contributed by atoms with van der Waals surface area (Å²) in [6, 6.07) is 4.91. The molecule has 2 heterocycles. The molecular weight excluding hydrogens is 453 g/mol. The van der Waals surface area contributed by atoms with Gasteiger partial charge in [-0.05, 0) is 86.5 Å². The van der Waals surface area contributed by atoms with E-state index < -0.39 is 16.1 Å². The number of aliphatic hydroxyl groups is 1. The molecular formula is C26H32FN3O3S. The topological polar surface area (TPSA) is 84.2 Å². The molecule has 6 aliphatic rings. The third-order valence-electron chi connectivity index (χ3n) is 9.61. The number of aliphatic hydroxyl groups excluding tert-OH is 1. The van der Waals surface area contributed by atoms with Gasteiger partial charge >= 0.3 is 0 Å². The largest absolute Gasteiger partial charge is 0.392 e. The highest BCUT2D eigenvalue weighted by Gasteiger charge is 2.58. The fourth-order valence-electron chi connectivity index (χ4n) is 8.23. The zero-order valence-corrected chi connectivity index (χ0v) is 20.1. The second-order valence-electron chi connectivity index (χ2n) is 11.9. The number of nitrogens with one attached hydrogen (secondary N) is 1. The van der Waals surface area contributed by atoms with Crippen LogP contribution in [0.3, 0.4) is 0 Å². The monoisotopic (exact) mass is 485 g/mol. The van der Waals surface area contributed by atoms with Gasteiger partial charge in [-0.25, -0.2) is 22.5 Å². The van der Waals surface area contributed by atoms with Crippen molar-refractivity contribution in [1.29, 1.82) is 0 Å². The van der Waals surface area contributed by atoms with Gasteiger partial charge in [0.1, 0.15) is 5.82 Å². The van der Waals surface area contributed by atoms with Crippen LogP contribution in [-0.4, -0.2) is 41.0 Å². The molecule has 1 aliphatic heterocycles. The number of benzene rings is 1. The van der Waals surface area contributed by atoms with Gasteiger partial charge in [0.25, 0.3) is 0 Å². The molecule has 0 amide bonds. The number of imidazole rings is 1. The minimum absolute atomic E-state index is 0.00512. The van der Waals surface area contributed by atoms with E-state index in [0.717, 1.165) is 56.2 Å². The Bertz CT molecular complexity index is 1220. The van der Waals surface area contributed by atoms with Crippen molar-refractivity contribution in [3.63, 3.8) is 0 Å². The van der Waals surface area contributed by atoms with Crippen molar-refractivity contribution in [2.45, 2.75) is 69.6 Å². The van der Waals surface area contributed by atoms with Crippen LogP contribution in [0.2, 0.25) is 0 Å². The summed E-state index contributed by atoms with van der Waals surface area (Å²) in [7, 11) is -3.25. The number of halogens is 1. The summed E-state index contributed by atoms with van der Waals surface area (Å²) >= 11 is 0. The van der Waals surface area contributed by atoms with Crippen molar-refractivity contribution in [3.8, 4) is 11.3 Å². The molecule has 0 spiro atoms. The first kappa shape index (κ1) is 21.5. The van der Waals surface area contributed by atoms with Crippen molar-refractivity contribution in [2.24, 2.45) is 29.1 Å². The molecule has 1 aromatic carbocycles. The zero-order valence-electron chi connectivity index (χ0n) is 19.2.